The number of sulfone groups is 1. The molecule has 1 N–H and O–H groups in total. The minimum atomic E-state index is -3.62. The fraction of sp³-hybridized carbons (Fsp3) is 0.500. The number of aromatic carboxylic acids is 1. The van der Waals surface area contributed by atoms with E-state index in [2.05, 4.69) is 15.9 Å². The van der Waals surface area contributed by atoms with Crippen molar-refractivity contribution >= 4 is 31.7 Å². The number of hydrogen-bond donors (Lipinski definition) is 1. The summed E-state index contributed by atoms with van der Waals surface area (Å²) in [5.74, 6) is -1.30. The number of carboxylic acid groups (broad SMARTS) is 1. The highest BCUT2D eigenvalue weighted by Gasteiger charge is 2.35. The molecule has 116 valence electrons. The van der Waals surface area contributed by atoms with Crippen molar-refractivity contribution < 1.29 is 23.1 Å². The topological polar surface area (TPSA) is 80.7 Å². The standard InChI is InChI=1S/C14H17BrO5S/c1-14(2)6-5-10(20-14)8-21(18,19)12-7-9(13(16)17)3-4-11(12)15/h3-4,7,10H,5-6,8H2,1-2H3,(H,16,17). The first kappa shape index (κ1) is 16.5. The third kappa shape index (κ3) is 3.84. The van der Waals surface area contributed by atoms with Crippen LogP contribution in [0.25, 0.3) is 0 Å². The number of carbonyl (C=O) groups is 1. The lowest BCUT2D eigenvalue weighted by atomic mass is 10.1. The zero-order valence-corrected chi connectivity index (χ0v) is 14.2. The third-order valence-corrected chi connectivity index (χ3v) is 6.25. The SMILES string of the molecule is CC1(C)CCC(CS(=O)(=O)c2cc(C(=O)O)ccc2Br)O1. The molecule has 0 aromatic heterocycles. The Hall–Kier alpha value is -0.920. The Labute approximate surface area is 132 Å². The average Bonchev–Trinajstić information content (AvgIpc) is 2.67. The number of rotatable bonds is 4. The van der Waals surface area contributed by atoms with Gasteiger partial charge in [0, 0.05) is 4.47 Å². The Balaban J connectivity index is 2.28. The first-order chi connectivity index (χ1) is 9.61. The van der Waals surface area contributed by atoms with E-state index in [4.69, 9.17) is 9.84 Å². The molecule has 1 aliphatic rings. The lowest BCUT2D eigenvalue weighted by Gasteiger charge is -2.19. The van der Waals surface area contributed by atoms with Gasteiger partial charge in [-0.05, 0) is 60.8 Å². The van der Waals surface area contributed by atoms with Crippen molar-refractivity contribution in [2.75, 3.05) is 5.75 Å². The maximum absolute atomic E-state index is 12.5. The molecule has 1 unspecified atom stereocenters. The van der Waals surface area contributed by atoms with Crippen LogP contribution >= 0.6 is 15.9 Å². The van der Waals surface area contributed by atoms with Crippen LogP contribution in [0.5, 0.6) is 0 Å². The molecule has 0 aliphatic carbocycles. The normalized spacial score (nSPS) is 21.4. The Morgan fingerprint density at radius 2 is 2.14 bits per heavy atom. The molecule has 1 fully saturated rings. The molecule has 1 heterocycles. The minimum absolute atomic E-state index is 0.00398. The molecule has 21 heavy (non-hydrogen) atoms. The molecule has 0 saturated carbocycles. The van der Waals surface area contributed by atoms with Crippen LogP contribution in [0.4, 0.5) is 0 Å². The highest BCUT2D eigenvalue weighted by atomic mass is 79.9. The van der Waals surface area contributed by atoms with Gasteiger partial charge >= 0.3 is 5.97 Å². The van der Waals surface area contributed by atoms with E-state index in [-0.39, 0.29) is 27.9 Å². The van der Waals surface area contributed by atoms with Gasteiger partial charge < -0.3 is 9.84 Å². The second-order valence-electron chi connectivity index (χ2n) is 5.77. The fourth-order valence-electron chi connectivity index (χ4n) is 2.40. The lowest BCUT2D eigenvalue weighted by Crippen LogP contribution is -2.25. The molecule has 2 rings (SSSR count). The van der Waals surface area contributed by atoms with Crippen LogP contribution in [0.15, 0.2) is 27.6 Å². The van der Waals surface area contributed by atoms with Gasteiger partial charge in [-0.3, -0.25) is 0 Å². The number of ether oxygens (including phenoxy) is 1. The Morgan fingerprint density at radius 1 is 1.48 bits per heavy atom. The fourth-order valence-corrected chi connectivity index (χ4v) is 4.97. The Kier molecular flexibility index (Phi) is 4.46. The first-order valence-corrected chi connectivity index (χ1v) is 8.99. The van der Waals surface area contributed by atoms with E-state index in [9.17, 15) is 13.2 Å². The molecule has 1 aromatic carbocycles. The Bertz CT molecular complexity index is 666. The van der Waals surface area contributed by atoms with Gasteiger partial charge in [0.1, 0.15) is 0 Å². The zero-order chi connectivity index (χ0) is 15.8. The van der Waals surface area contributed by atoms with E-state index in [1.165, 1.54) is 18.2 Å². The van der Waals surface area contributed by atoms with Gasteiger partial charge in [-0.1, -0.05) is 0 Å². The highest BCUT2D eigenvalue weighted by Crippen LogP contribution is 2.32. The quantitative estimate of drug-likeness (QED) is 0.873. The van der Waals surface area contributed by atoms with Crippen molar-refractivity contribution in [1.29, 1.82) is 0 Å². The molecule has 1 aromatic rings. The van der Waals surface area contributed by atoms with E-state index in [1.54, 1.807) is 0 Å². The summed E-state index contributed by atoms with van der Waals surface area (Å²) in [4.78, 5) is 11.0. The third-order valence-electron chi connectivity index (χ3n) is 3.47. The molecular weight excluding hydrogens is 360 g/mol. The first-order valence-electron chi connectivity index (χ1n) is 6.54. The lowest BCUT2D eigenvalue weighted by molar-refractivity contribution is -0.00528. The van der Waals surface area contributed by atoms with Crippen molar-refractivity contribution in [1.82, 2.24) is 0 Å². The summed E-state index contributed by atoms with van der Waals surface area (Å²) >= 11 is 3.17. The predicted molar refractivity (Wildman–Crippen MR) is 81.3 cm³/mol. The van der Waals surface area contributed by atoms with Crippen LogP contribution in [-0.4, -0.2) is 37.0 Å². The summed E-state index contributed by atoms with van der Waals surface area (Å²) in [6.45, 7) is 3.86. The Morgan fingerprint density at radius 3 is 2.67 bits per heavy atom. The van der Waals surface area contributed by atoms with E-state index in [0.717, 1.165) is 6.42 Å². The van der Waals surface area contributed by atoms with Crippen molar-refractivity contribution in [3.8, 4) is 0 Å². The van der Waals surface area contributed by atoms with Crippen molar-refractivity contribution in [3.05, 3.63) is 28.2 Å². The molecule has 0 bridgehead atoms. The molecule has 1 saturated heterocycles. The van der Waals surface area contributed by atoms with Crippen LogP contribution in [0.3, 0.4) is 0 Å². The summed E-state index contributed by atoms with van der Waals surface area (Å²) < 4.78 is 31.1. The van der Waals surface area contributed by atoms with Crippen molar-refractivity contribution in [3.63, 3.8) is 0 Å². The molecule has 7 heteroatoms. The maximum Gasteiger partial charge on any atom is 0.335 e. The van der Waals surface area contributed by atoms with Gasteiger partial charge in [-0.15, -0.1) is 0 Å². The molecule has 1 atom stereocenters. The molecular formula is C14H17BrO5S. The van der Waals surface area contributed by atoms with Crippen LogP contribution in [0.1, 0.15) is 37.0 Å². The van der Waals surface area contributed by atoms with Crippen molar-refractivity contribution in [2.24, 2.45) is 0 Å². The largest absolute Gasteiger partial charge is 0.478 e. The highest BCUT2D eigenvalue weighted by molar-refractivity contribution is 9.10. The maximum atomic E-state index is 12.5. The number of hydrogen-bond acceptors (Lipinski definition) is 4. The van der Waals surface area contributed by atoms with Gasteiger partial charge in [0.15, 0.2) is 9.84 Å². The summed E-state index contributed by atoms with van der Waals surface area (Å²) in [6, 6.07) is 3.98. The van der Waals surface area contributed by atoms with Gasteiger partial charge in [0.2, 0.25) is 0 Å². The van der Waals surface area contributed by atoms with Crippen molar-refractivity contribution in [2.45, 2.75) is 43.3 Å². The van der Waals surface area contributed by atoms with Crippen LogP contribution in [0, 0.1) is 0 Å². The van der Waals surface area contributed by atoms with E-state index >= 15 is 0 Å². The average molecular weight is 377 g/mol. The zero-order valence-electron chi connectivity index (χ0n) is 11.8. The minimum Gasteiger partial charge on any atom is -0.478 e. The molecule has 5 nitrogen and oxygen atoms in total. The number of halogens is 1. The number of benzene rings is 1. The van der Waals surface area contributed by atoms with E-state index in [1.807, 2.05) is 13.8 Å². The molecule has 0 spiro atoms. The molecule has 0 radical (unpaired) electrons. The van der Waals surface area contributed by atoms with E-state index in [0.29, 0.717) is 10.9 Å². The van der Waals surface area contributed by atoms with Gasteiger partial charge in [-0.2, -0.15) is 0 Å². The van der Waals surface area contributed by atoms with E-state index < -0.39 is 15.8 Å². The summed E-state index contributed by atoms with van der Waals surface area (Å²) in [5, 5.41) is 8.98. The monoisotopic (exact) mass is 376 g/mol. The van der Waals surface area contributed by atoms with Gasteiger partial charge in [-0.25, -0.2) is 13.2 Å². The molecule has 1 aliphatic heterocycles. The summed E-state index contributed by atoms with van der Waals surface area (Å²) in [6.07, 6.45) is 1.14. The smallest absolute Gasteiger partial charge is 0.335 e. The predicted octanol–water partition coefficient (Wildman–Crippen LogP) is 2.88. The second-order valence-corrected chi connectivity index (χ2v) is 8.63. The van der Waals surface area contributed by atoms with Gasteiger partial charge in [0.05, 0.1) is 27.9 Å². The number of carboxylic acids is 1. The van der Waals surface area contributed by atoms with Crippen LogP contribution < -0.4 is 0 Å². The van der Waals surface area contributed by atoms with Gasteiger partial charge in [0.25, 0.3) is 0 Å². The van der Waals surface area contributed by atoms with Crippen LogP contribution in [-0.2, 0) is 14.6 Å². The molecule has 0 amide bonds. The summed E-state index contributed by atoms with van der Waals surface area (Å²) in [7, 11) is -3.62. The van der Waals surface area contributed by atoms with Crippen LogP contribution in [0.2, 0.25) is 0 Å². The summed E-state index contributed by atoms with van der Waals surface area (Å²) in [5.41, 5.74) is -0.357. The second kappa shape index (κ2) is 5.70.